The summed E-state index contributed by atoms with van der Waals surface area (Å²) in [6.07, 6.45) is 9.70. The molecule has 2 aliphatic rings. The number of aliphatic carboxylic acids is 1. The van der Waals surface area contributed by atoms with E-state index in [1.165, 1.54) is 32.1 Å². The van der Waals surface area contributed by atoms with Crippen molar-refractivity contribution in [2.45, 2.75) is 85.0 Å². The van der Waals surface area contributed by atoms with Gasteiger partial charge in [-0.3, -0.25) is 4.79 Å². The standard InChI is InChI=1S/C31H42O5S/c1-19-17-24(18-20(2)28(19)36-15-16-37-25-11-9-8-10-12-25)26(32)13-14-31(6)23(5)21(3)27(30(33)34)22(4)29(31)35-7/h13-14,17-18,25,29H,8-12,15-16H2,1-7H3,(H,33,34). The highest BCUT2D eigenvalue weighted by molar-refractivity contribution is 7.99. The SMILES string of the molecule is COC1C(C)=C(C(=O)O)C(C)=C(C)C1(C)C=CC(=O)c1cc(C)c(OCCSC2CCCCC2)c(C)c1. The molecule has 1 saturated carbocycles. The number of carbonyl (C=O) groups excluding carboxylic acids is 1. The lowest BCUT2D eigenvalue weighted by atomic mass is 9.67. The van der Waals surface area contributed by atoms with Gasteiger partial charge in [0, 0.05) is 29.1 Å². The molecule has 6 heteroatoms. The second-order valence-electron chi connectivity index (χ2n) is 10.6. The van der Waals surface area contributed by atoms with Gasteiger partial charge in [0.25, 0.3) is 0 Å². The Bertz CT molecular complexity index is 1100. The van der Waals surface area contributed by atoms with Gasteiger partial charge in [-0.15, -0.1) is 0 Å². The molecule has 202 valence electrons. The van der Waals surface area contributed by atoms with Crippen LogP contribution in [0.3, 0.4) is 0 Å². The Morgan fingerprint density at radius 3 is 2.27 bits per heavy atom. The van der Waals surface area contributed by atoms with Gasteiger partial charge in [-0.2, -0.15) is 11.8 Å². The summed E-state index contributed by atoms with van der Waals surface area (Å²) in [4.78, 5) is 25.1. The number of aryl methyl sites for hydroxylation is 2. The lowest BCUT2D eigenvalue weighted by molar-refractivity contribution is -0.132. The van der Waals surface area contributed by atoms with Crippen molar-refractivity contribution in [3.63, 3.8) is 0 Å². The number of carboxylic acid groups (broad SMARTS) is 1. The summed E-state index contributed by atoms with van der Waals surface area (Å²) in [7, 11) is 1.58. The smallest absolute Gasteiger partial charge is 0.335 e. The Balaban J connectivity index is 1.73. The number of ketones is 1. The molecule has 0 amide bonds. The number of carbonyl (C=O) groups is 2. The van der Waals surface area contributed by atoms with Gasteiger partial charge < -0.3 is 14.6 Å². The van der Waals surface area contributed by atoms with Gasteiger partial charge in [0.05, 0.1) is 18.3 Å². The van der Waals surface area contributed by atoms with Gasteiger partial charge >= 0.3 is 5.97 Å². The maximum atomic E-state index is 13.2. The summed E-state index contributed by atoms with van der Waals surface area (Å²) in [5.74, 6) is 0.785. The molecule has 2 atom stereocenters. The number of carboxylic acids is 1. The van der Waals surface area contributed by atoms with E-state index in [-0.39, 0.29) is 5.78 Å². The second kappa shape index (κ2) is 12.5. The van der Waals surface area contributed by atoms with Crippen molar-refractivity contribution in [3.8, 4) is 5.75 Å². The Labute approximate surface area is 226 Å². The van der Waals surface area contributed by atoms with Crippen LogP contribution in [-0.2, 0) is 9.53 Å². The fourth-order valence-corrected chi connectivity index (χ4v) is 7.06. The van der Waals surface area contributed by atoms with Gasteiger partial charge in [-0.1, -0.05) is 30.9 Å². The first-order chi connectivity index (χ1) is 17.5. The van der Waals surface area contributed by atoms with Crippen LogP contribution in [0.4, 0.5) is 0 Å². The number of hydrogen-bond donors (Lipinski definition) is 1. The highest BCUT2D eigenvalue weighted by Crippen LogP contribution is 2.46. The number of rotatable bonds is 10. The fraction of sp³-hybridized carbons (Fsp3) is 0.548. The second-order valence-corrected chi connectivity index (χ2v) is 12.0. The predicted octanol–water partition coefficient (Wildman–Crippen LogP) is 7.26. The van der Waals surface area contributed by atoms with E-state index in [0.717, 1.165) is 33.5 Å². The first-order valence-electron chi connectivity index (χ1n) is 13.3. The number of allylic oxidation sites excluding steroid dienone is 1. The molecule has 0 saturated heterocycles. The average Bonchev–Trinajstić information content (AvgIpc) is 2.85. The quantitative estimate of drug-likeness (QED) is 0.196. The monoisotopic (exact) mass is 526 g/mol. The molecule has 2 aliphatic carbocycles. The highest BCUT2D eigenvalue weighted by Gasteiger charge is 2.42. The summed E-state index contributed by atoms with van der Waals surface area (Å²) >= 11 is 2.02. The van der Waals surface area contributed by atoms with Crippen LogP contribution >= 0.6 is 11.8 Å². The normalized spacial score (nSPS) is 23.2. The van der Waals surface area contributed by atoms with Crippen molar-refractivity contribution >= 4 is 23.5 Å². The minimum Gasteiger partial charge on any atom is -0.492 e. The van der Waals surface area contributed by atoms with Crippen molar-refractivity contribution in [2.75, 3.05) is 19.5 Å². The first kappa shape index (κ1) is 29.2. The van der Waals surface area contributed by atoms with E-state index in [1.807, 2.05) is 64.6 Å². The Morgan fingerprint density at radius 2 is 1.70 bits per heavy atom. The molecule has 2 unspecified atom stereocenters. The van der Waals surface area contributed by atoms with Gasteiger partial charge in [0.2, 0.25) is 0 Å². The molecule has 1 aromatic rings. The lowest BCUT2D eigenvalue weighted by Gasteiger charge is -2.41. The topological polar surface area (TPSA) is 72.8 Å². The third-order valence-corrected chi connectivity index (χ3v) is 9.43. The third-order valence-electron chi connectivity index (χ3n) is 8.09. The van der Waals surface area contributed by atoms with E-state index in [1.54, 1.807) is 20.1 Å². The van der Waals surface area contributed by atoms with E-state index in [0.29, 0.717) is 28.9 Å². The molecule has 0 bridgehead atoms. The molecule has 3 rings (SSSR count). The number of thioether (sulfide) groups is 1. The largest absolute Gasteiger partial charge is 0.492 e. The molecule has 0 aliphatic heterocycles. The van der Waals surface area contributed by atoms with Crippen LogP contribution in [0, 0.1) is 19.3 Å². The summed E-state index contributed by atoms with van der Waals surface area (Å²) in [6, 6.07) is 3.78. The summed E-state index contributed by atoms with van der Waals surface area (Å²) in [6.45, 7) is 12.2. The highest BCUT2D eigenvalue weighted by atomic mass is 32.2. The zero-order chi connectivity index (χ0) is 27.3. The van der Waals surface area contributed by atoms with Crippen LogP contribution < -0.4 is 4.74 Å². The Hall–Kier alpha value is -2.31. The third kappa shape index (κ3) is 6.40. The molecule has 1 N–H and O–H groups in total. The molecule has 0 heterocycles. The van der Waals surface area contributed by atoms with E-state index in [9.17, 15) is 14.7 Å². The lowest BCUT2D eigenvalue weighted by Crippen LogP contribution is -2.39. The molecule has 0 aromatic heterocycles. The van der Waals surface area contributed by atoms with Crippen LogP contribution in [0.25, 0.3) is 0 Å². The first-order valence-corrected chi connectivity index (χ1v) is 14.3. The van der Waals surface area contributed by atoms with Crippen molar-refractivity contribution in [2.24, 2.45) is 5.41 Å². The molecular weight excluding hydrogens is 484 g/mol. The van der Waals surface area contributed by atoms with Crippen molar-refractivity contribution < 1.29 is 24.2 Å². The van der Waals surface area contributed by atoms with E-state index >= 15 is 0 Å². The molecule has 0 spiro atoms. The van der Waals surface area contributed by atoms with Crippen molar-refractivity contribution in [1.82, 2.24) is 0 Å². The molecule has 1 fully saturated rings. The van der Waals surface area contributed by atoms with Crippen LogP contribution in [0.15, 0.2) is 46.6 Å². The molecular formula is C31H42O5S. The number of hydrogen-bond acceptors (Lipinski definition) is 5. The number of ether oxygens (including phenoxy) is 2. The predicted molar refractivity (Wildman–Crippen MR) is 152 cm³/mol. The van der Waals surface area contributed by atoms with E-state index in [4.69, 9.17) is 9.47 Å². The molecule has 37 heavy (non-hydrogen) atoms. The Morgan fingerprint density at radius 1 is 1.08 bits per heavy atom. The van der Waals surface area contributed by atoms with Crippen LogP contribution in [0.2, 0.25) is 0 Å². The molecule has 0 radical (unpaired) electrons. The van der Waals surface area contributed by atoms with Crippen LogP contribution in [0.5, 0.6) is 5.75 Å². The maximum absolute atomic E-state index is 13.2. The van der Waals surface area contributed by atoms with Crippen LogP contribution in [-0.4, -0.2) is 47.7 Å². The average molecular weight is 527 g/mol. The maximum Gasteiger partial charge on any atom is 0.335 e. The minimum absolute atomic E-state index is 0.0993. The van der Waals surface area contributed by atoms with Crippen LogP contribution in [0.1, 0.15) is 81.3 Å². The zero-order valence-electron chi connectivity index (χ0n) is 23.4. The van der Waals surface area contributed by atoms with Gasteiger partial charge in [-0.05, 0) is 94.9 Å². The zero-order valence-corrected chi connectivity index (χ0v) is 24.2. The van der Waals surface area contributed by atoms with Gasteiger partial charge in [0.1, 0.15) is 5.75 Å². The van der Waals surface area contributed by atoms with Crippen molar-refractivity contribution in [1.29, 1.82) is 0 Å². The minimum atomic E-state index is -0.959. The van der Waals surface area contributed by atoms with Gasteiger partial charge in [-0.25, -0.2) is 4.79 Å². The van der Waals surface area contributed by atoms with Gasteiger partial charge in [0.15, 0.2) is 5.78 Å². The Kier molecular flexibility index (Phi) is 9.87. The number of benzene rings is 1. The molecule has 1 aromatic carbocycles. The summed E-state index contributed by atoms with van der Waals surface area (Å²) in [5, 5.41) is 10.5. The summed E-state index contributed by atoms with van der Waals surface area (Å²) in [5.41, 5.74) is 4.43. The van der Waals surface area contributed by atoms with Crippen molar-refractivity contribution in [3.05, 3.63) is 63.3 Å². The summed E-state index contributed by atoms with van der Waals surface area (Å²) < 4.78 is 11.9. The van der Waals surface area contributed by atoms with E-state index < -0.39 is 17.5 Å². The fourth-order valence-electron chi connectivity index (χ4n) is 5.88. The van der Waals surface area contributed by atoms with E-state index in [2.05, 4.69) is 0 Å². The number of methoxy groups -OCH3 is 1. The molecule has 5 nitrogen and oxygen atoms in total.